The highest BCUT2D eigenvalue weighted by Gasteiger charge is 2.30. The zero-order valence-corrected chi connectivity index (χ0v) is 12.3. The third kappa shape index (κ3) is 1.95. The summed E-state index contributed by atoms with van der Waals surface area (Å²) in [6.07, 6.45) is 3.22. The second-order valence-electron chi connectivity index (χ2n) is 5.29. The Hall–Kier alpha value is -2.19. The average Bonchev–Trinajstić information content (AvgIpc) is 3.14. The molecule has 22 heavy (non-hydrogen) atoms. The number of aromatic amines is 2. The van der Waals surface area contributed by atoms with E-state index in [9.17, 15) is 12.8 Å². The van der Waals surface area contributed by atoms with Crippen LogP contribution in [0.4, 0.5) is 4.39 Å². The molecule has 6 nitrogen and oxygen atoms in total. The summed E-state index contributed by atoms with van der Waals surface area (Å²) in [6.45, 7) is 0.613. The van der Waals surface area contributed by atoms with Crippen LogP contribution in [0.1, 0.15) is 11.3 Å². The summed E-state index contributed by atoms with van der Waals surface area (Å²) in [5, 5.41) is 6.95. The molecule has 0 radical (unpaired) electrons. The van der Waals surface area contributed by atoms with Gasteiger partial charge in [-0.25, -0.2) is 12.8 Å². The fourth-order valence-corrected chi connectivity index (χ4v) is 4.21. The number of fused-ring (bicyclic) bond motifs is 3. The minimum atomic E-state index is -3.59. The van der Waals surface area contributed by atoms with Gasteiger partial charge in [-0.05, 0) is 23.8 Å². The van der Waals surface area contributed by atoms with Crippen LogP contribution in [0, 0.1) is 5.82 Å². The molecule has 0 saturated heterocycles. The van der Waals surface area contributed by atoms with Gasteiger partial charge in [0, 0.05) is 42.3 Å². The van der Waals surface area contributed by atoms with E-state index in [1.165, 1.54) is 28.8 Å². The minimum absolute atomic E-state index is 0.141. The Morgan fingerprint density at radius 1 is 1.32 bits per heavy atom. The van der Waals surface area contributed by atoms with Gasteiger partial charge in [0.2, 0.25) is 10.0 Å². The third-order valence-corrected chi connectivity index (χ3v) is 5.82. The Kier molecular flexibility index (Phi) is 2.85. The molecule has 0 saturated carbocycles. The highest BCUT2D eigenvalue weighted by Crippen LogP contribution is 2.30. The molecule has 0 atom stereocenters. The molecule has 1 aliphatic rings. The number of hydrogen-bond donors (Lipinski definition) is 2. The number of nitrogens with zero attached hydrogens (tertiary/aromatic N) is 2. The van der Waals surface area contributed by atoms with Crippen LogP contribution in [-0.2, 0) is 23.0 Å². The molecule has 0 aliphatic carbocycles. The Morgan fingerprint density at radius 3 is 2.95 bits per heavy atom. The number of sulfonamides is 1. The van der Waals surface area contributed by atoms with E-state index >= 15 is 0 Å². The number of rotatable bonds is 2. The van der Waals surface area contributed by atoms with Gasteiger partial charge >= 0.3 is 0 Å². The first-order valence-electron chi connectivity index (χ1n) is 6.83. The Balaban J connectivity index is 1.78. The number of benzene rings is 1. The standard InChI is InChI=1S/C14H13FN4O2S/c15-9-1-2-13-11(5-9)12-8-19(4-3-14(12)18-13)22(20,21)10-6-16-17-7-10/h1-2,5-7,18H,3-4,8H2,(H,16,17). The van der Waals surface area contributed by atoms with E-state index in [4.69, 9.17) is 0 Å². The first kappa shape index (κ1) is 13.5. The first-order chi connectivity index (χ1) is 10.6. The summed E-state index contributed by atoms with van der Waals surface area (Å²) in [5.74, 6) is -0.330. The molecule has 3 aromatic rings. The first-order valence-corrected chi connectivity index (χ1v) is 8.27. The molecule has 0 unspecified atom stereocenters. The van der Waals surface area contributed by atoms with Gasteiger partial charge in [-0.2, -0.15) is 9.40 Å². The van der Waals surface area contributed by atoms with E-state index < -0.39 is 10.0 Å². The maximum atomic E-state index is 13.5. The summed E-state index contributed by atoms with van der Waals surface area (Å²) in [4.78, 5) is 3.38. The zero-order valence-electron chi connectivity index (χ0n) is 11.5. The third-order valence-electron chi connectivity index (χ3n) is 4.01. The Labute approximate surface area is 126 Å². The second kappa shape index (κ2) is 4.65. The van der Waals surface area contributed by atoms with Crippen LogP contribution < -0.4 is 0 Å². The van der Waals surface area contributed by atoms with Crippen LogP contribution in [0.3, 0.4) is 0 Å². The minimum Gasteiger partial charge on any atom is -0.358 e. The number of H-pyrrole nitrogens is 2. The van der Waals surface area contributed by atoms with E-state index in [2.05, 4.69) is 15.2 Å². The second-order valence-corrected chi connectivity index (χ2v) is 7.23. The van der Waals surface area contributed by atoms with Gasteiger partial charge in [0.05, 0.1) is 6.20 Å². The van der Waals surface area contributed by atoms with Gasteiger partial charge in [-0.1, -0.05) is 0 Å². The quantitative estimate of drug-likeness (QED) is 0.755. The lowest BCUT2D eigenvalue weighted by atomic mass is 10.1. The van der Waals surface area contributed by atoms with Crippen molar-refractivity contribution in [2.24, 2.45) is 0 Å². The molecule has 0 amide bonds. The maximum absolute atomic E-state index is 13.5. The van der Waals surface area contributed by atoms with Crippen molar-refractivity contribution < 1.29 is 12.8 Å². The zero-order chi connectivity index (χ0) is 15.3. The van der Waals surface area contributed by atoms with Gasteiger partial charge in [-0.15, -0.1) is 0 Å². The van der Waals surface area contributed by atoms with E-state index in [-0.39, 0.29) is 17.3 Å². The van der Waals surface area contributed by atoms with Crippen molar-refractivity contribution >= 4 is 20.9 Å². The van der Waals surface area contributed by atoms with Gasteiger partial charge in [-0.3, -0.25) is 5.10 Å². The number of aromatic nitrogens is 3. The Morgan fingerprint density at radius 2 is 2.18 bits per heavy atom. The maximum Gasteiger partial charge on any atom is 0.246 e. The average molecular weight is 320 g/mol. The molecule has 3 heterocycles. The molecule has 1 aromatic carbocycles. The Bertz CT molecular complexity index is 947. The predicted molar refractivity (Wildman–Crippen MR) is 78.1 cm³/mol. The van der Waals surface area contributed by atoms with Crippen molar-refractivity contribution in [2.45, 2.75) is 17.9 Å². The van der Waals surface area contributed by atoms with E-state index in [1.807, 2.05) is 0 Å². The predicted octanol–water partition coefficient (Wildman–Crippen LogP) is 1.78. The number of halogens is 1. The van der Waals surface area contributed by atoms with Crippen molar-refractivity contribution in [1.29, 1.82) is 0 Å². The molecular formula is C14H13FN4O2S. The normalized spacial score (nSPS) is 16.0. The fraction of sp³-hybridized carbons (Fsp3) is 0.214. The molecule has 2 N–H and O–H groups in total. The van der Waals surface area contributed by atoms with E-state index in [0.29, 0.717) is 13.0 Å². The molecule has 0 fully saturated rings. The van der Waals surface area contributed by atoms with Crippen LogP contribution in [0.5, 0.6) is 0 Å². The highest BCUT2D eigenvalue weighted by molar-refractivity contribution is 7.89. The van der Waals surface area contributed by atoms with Crippen molar-refractivity contribution in [3.8, 4) is 0 Å². The van der Waals surface area contributed by atoms with Gasteiger partial charge in [0.1, 0.15) is 10.7 Å². The lowest BCUT2D eigenvalue weighted by molar-refractivity contribution is 0.391. The lowest BCUT2D eigenvalue weighted by Crippen LogP contribution is -2.35. The van der Waals surface area contributed by atoms with Crippen LogP contribution in [0.15, 0.2) is 35.5 Å². The van der Waals surface area contributed by atoms with E-state index in [1.54, 1.807) is 6.07 Å². The SMILES string of the molecule is O=S(=O)(c1cn[nH]c1)N1CCc2[nH]c3ccc(F)cc3c2C1. The number of nitrogens with one attached hydrogen (secondary N) is 2. The summed E-state index contributed by atoms with van der Waals surface area (Å²) in [7, 11) is -3.59. The highest BCUT2D eigenvalue weighted by atomic mass is 32.2. The van der Waals surface area contributed by atoms with Gasteiger partial charge in [0.25, 0.3) is 0 Å². The fourth-order valence-electron chi connectivity index (χ4n) is 2.90. The van der Waals surface area contributed by atoms with Crippen molar-refractivity contribution in [1.82, 2.24) is 19.5 Å². The van der Waals surface area contributed by atoms with E-state index in [0.717, 1.165) is 22.2 Å². The summed E-state index contributed by atoms with van der Waals surface area (Å²) >= 11 is 0. The van der Waals surface area contributed by atoms with Crippen molar-refractivity contribution in [3.05, 3.63) is 47.7 Å². The summed E-state index contributed by atoms with van der Waals surface area (Å²) < 4.78 is 40.0. The summed E-state index contributed by atoms with van der Waals surface area (Å²) in [5.41, 5.74) is 2.64. The van der Waals surface area contributed by atoms with Crippen LogP contribution >= 0.6 is 0 Å². The monoisotopic (exact) mass is 320 g/mol. The topological polar surface area (TPSA) is 81.8 Å². The van der Waals surface area contributed by atoms with Gasteiger partial charge in [0.15, 0.2) is 0 Å². The van der Waals surface area contributed by atoms with Crippen LogP contribution in [0.2, 0.25) is 0 Å². The molecule has 2 aromatic heterocycles. The smallest absolute Gasteiger partial charge is 0.246 e. The molecule has 0 bridgehead atoms. The summed E-state index contributed by atoms with van der Waals surface area (Å²) in [6, 6.07) is 4.51. The molecule has 114 valence electrons. The van der Waals surface area contributed by atoms with Crippen molar-refractivity contribution in [3.63, 3.8) is 0 Å². The molecular weight excluding hydrogens is 307 g/mol. The molecule has 1 aliphatic heterocycles. The largest absolute Gasteiger partial charge is 0.358 e. The molecule has 4 rings (SSSR count). The van der Waals surface area contributed by atoms with Crippen molar-refractivity contribution in [2.75, 3.05) is 6.54 Å². The van der Waals surface area contributed by atoms with Crippen LogP contribution in [0.25, 0.3) is 10.9 Å². The van der Waals surface area contributed by atoms with Crippen LogP contribution in [-0.4, -0.2) is 34.4 Å². The molecule has 8 heteroatoms. The van der Waals surface area contributed by atoms with Gasteiger partial charge < -0.3 is 4.98 Å². The lowest BCUT2D eigenvalue weighted by Gasteiger charge is -2.25. The number of hydrogen-bond acceptors (Lipinski definition) is 3. The molecule has 0 spiro atoms.